The topological polar surface area (TPSA) is 105 Å². The third kappa shape index (κ3) is 4.92. The summed E-state index contributed by atoms with van der Waals surface area (Å²) in [5.74, 6) is -4.45. The fourth-order valence-corrected chi connectivity index (χ4v) is 3.38. The van der Waals surface area contributed by atoms with Gasteiger partial charge in [-0.15, -0.1) is 0 Å². The van der Waals surface area contributed by atoms with E-state index in [2.05, 4.69) is 25.6 Å². The maximum atomic E-state index is 14.4. The van der Waals surface area contributed by atoms with E-state index in [0.29, 0.717) is 22.3 Å². The van der Waals surface area contributed by atoms with E-state index in [0.717, 1.165) is 4.57 Å². The van der Waals surface area contributed by atoms with E-state index in [1.807, 2.05) is 0 Å². The molecule has 3 N–H and O–H groups in total. The highest BCUT2D eigenvalue weighted by molar-refractivity contribution is 5.80. The number of hydrogen-bond acceptors (Lipinski definition) is 5. The lowest BCUT2D eigenvalue weighted by Crippen LogP contribution is -2.35. The molecule has 0 saturated carbocycles. The van der Waals surface area contributed by atoms with Gasteiger partial charge in [-0.1, -0.05) is 30.3 Å². The Morgan fingerprint density at radius 2 is 1.94 bits per heavy atom. The molecule has 11 heteroatoms. The number of amides is 1. The number of benzene rings is 1. The first-order valence-corrected chi connectivity index (χ1v) is 10.4. The first kappa shape index (κ1) is 23.0. The molecule has 0 radical (unpaired) electrons. The van der Waals surface area contributed by atoms with E-state index in [1.54, 1.807) is 13.0 Å². The van der Waals surface area contributed by atoms with Crippen LogP contribution in [0.3, 0.4) is 0 Å². The van der Waals surface area contributed by atoms with Gasteiger partial charge in [-0.3, -0.25) is 19.1 Å². The summed E-state index contributed by atoms with van der Waals surface area (Å²) in [5.41, 5.74) is 0.455. The number of hydrogen-bond donors (Lipinski definition) is 3. The van der Waals surface area contributed by atoms with Crippen molar-refractivity contribution in [2.75, 3.05) is 11.9 Å². The van der Waals surface area contributed by atoms with Gasteiger partial charge in [0.05, 0.1) is 30.5 Å². The molecule has 8 nitrogen and oxygen atoms in total. The molecule has 4 aromatic rings. The number of fused-ring (bicyclic) bond motifs is 1. The first-order valence-electron chi connectivity index (χ1n) is 10.4. The second kappa shape index (κ2) is 9.38. The number of carbonyl (C=O) groups is 1. The molecular formula is C23H21F3N6O2. The van der Waals surface area contributed by atoms with E-state index in [9.17, 15) is 22.8 Å². The van der Waals surface area contributed by atoms with Gasteiger partial charge in [0.25, 0.3) is 11.5 Å². The van der Waals surface area contributed by atoms with Crippen LogP contribution in [0.1, 0.15) is 17.0 Å². The number of aryl methyl sites for hydroxylation is 1. The summed E-state index contributed by atoms with van der Waals surface area (Å²) in [6.07, 6.45) is 4.00. The standard InChI is InChI=1S/C23H21F3N6O2/c1-14-8-30-21(31-13-23(25,26)15-5-3-2-4-6-15)22(34)32(14)12-20(33)29-9-16-7-17-18(24)10-28-19(17)11-27-16/h2-8,10-11,28H,9,12-13H2,1H3,(H,29,33)(H,30,31). The lowest BCUT2D eigenvalue weighted by Gasteiger charge is -2.18. The largest absolute Gasteiger partial charge is 0.359 e. The van der Waals surface area contributed by atoms with Gasteiger partial charge in [-0.25, -0.2) is 9.37 Å². The molecule has 0 fully saturated rings. The van der Waals surface area contributed by atoms with Gasteiger partial charge in [0.1, 0.15) is 12.4 Å². The molecule has 3 aromatic heterocycles. The lowest BCUT2D eigenvalue weighted by molar-refractivity contribution is -0.121. The predicted molar refractivity (Wildman–Crippen MR) is 120 cm³/mol. The number of halogens is 3. The normalized spacial score (nSPS) is 11.5. The minimum atomic E-state index is -3.23. The molecule has 3 heterocycles. The summed E-state index contributed by atoms with van der Waals surface area (Å²) in [5, 5.41) is 5.37. The van der Waals surface area contributed by atoms with Crippen molar-refractivity contribution in [3.63, 3.8) is 0 Å². The minimum Gasteiger partial charge on any atom is -0.359 e. The van der Waals surface area contributed by atoms with E-state index in [4.69, 9.17) is 0 Å². The summed E-state index contributed by atoms with van der Waals surface area (Å²) >= 11 is 0. The monoisotopic (exact) mass is 470 g/mol. The van der Waals surface area contributed by atoms with Crippen LogP contribution >= 0.6 is 0 Å². The molecule has 1 amide bonds. The third-order valence-electron chi connectivity index (χ3n) is 5.27. The SMILES string of the molecule is Cc1cnc(NCC(F)(F)c2ccccc2)c(=O)n1CC(=O)NCc1cc2c(F)c[nH]c2cn1. The molecule has 34 heavy (non-hydrogen) atoms. The number of aromatic nitrogens is 4. The van der Waals surface area contributed by atoms with Crippen LogP contribution in [0, 0.1) is 12.7 Å². The molecule has 0 aliphatic rings. The van der Waals surface area contributed by atoms with Crippen molar-refractivity contribution in [3.8, 4) is 0 Å². The van der Waals surface area contributed by atoms with Crippen molar-refractivity contribution in [2.24, 2.45) is 0 Å². The summed E-state index contributed by atoms with van der Waals surface area (Å²) in [4.78, 5) is 36.0. The van der Waals surface area contributed by atoms with Gasteiger partial charge in [-0.2, -0.15) is 8.78 Å². The number of H-pyrrole nitrogens is 1. The number of aromatic amines is 1. The van der Waals surface area contributed by atoms with Crippen molar-refractivity contribution >= 4 is 22.6 Å². The van der Waals surface area contributed by atoms with Crippen LogP contribution in [0.15, 0.2) is 59.8 Å². The van der Waals surface area contributed by atoms with E-state index < -0.39 is 29.8 Å². The smallest absolute Gasteiger partial charge is 0.293 e. The number of carbonyl (C=O) groups excluding carboxylic acids is 1. The molecule has 0 bridgehead atoms. The van der Waals surface area contributed by atoms with Crippen LogP contribution < -0.4 is 16.2 Å². The maximum Gasteiger partial charge on any atom is 0.293 e. The highest BCUT2D eigenvalue weighted by Crippen LogP contribution is 2.27. The Balaban J connectivity index is 1.42. The zero-order valence-electron chi connectivity index (χ0n) is 18.1. The van der Waals surface area contributed by atoms with Crippen LogP contribution in [0.2, 0.25) is 0 Å². The summed E-state index contributed by atoms with van der Waals surface area (Å²) < 4.78 is 43.7. The number of alkyl halides is 2. The van der Waals surface area contributed by atoms with Crippen molar-refractivity contribution in [1.82, 2.24) is 24.8 Å². The average Bonchev–Trinajstić information content (AvgIpc) is 3.20. The van der Waals surface area contributed by atoms with Crippen molar-refractivity contribution in [2.45, 2.75) is 25.9 Å². The molecule has 176 valence electrons. The molecule has 0 aliphatic heterocycles. The van der Waals surface area contributed by atoms with Crippen LogP contribution in [-0.4, -0.2) is 32.0 Å². The van der Waals surface area contributed by atoms with Crippen LogP contribution in [0.5, 0.6) is 0 Å². The number of nitrogens with one attached hydrogen (secondary N) is 3. The molecule has 0 atom stereocenters. The Hall–Kier alpha value is -4.15. The highest BCUT2D eigenvalue weighted by Gasteiger charge is 2.31. The molecule has 0 spiro atoms. The van der Waals surface area contributed by atoms with Crippen molar-refractivity contribution < 1.29 is 18.0 Å². The van der Waals surface area contributed by atoms with E-state index >= 15 is 0 Å². The second-order valence-corrected chi connectivity index (χ2v) is 7.70. The van der Waals surface area contributed by atoms with Crippen LogP contribution in [0.25, 0.3) is 10.9 Å². The zero-order valence-corrected chi connectivity index (χ0v) is 18.1. The summed E-state index contributed by atoms with van der Waals surface area (Å²) in [7, 11) is 0. The Bertz CT molecular complexity index is 1380. The zero-order chi connectivity index (χ0) is 24.3. The number of anilines is 1. The van der Waals surface area contributed by atoms with Crippen molar-refractivity contribution in [1.29, 1.82) is 0 Å². The Morgan fingerprint density at radius 1 is 1.18 bits per heavy atom. The van der Waals surface area contributed by atoms with E-state index in [1.165, 1.54) is 48.9 Å². The molecule has 0 unspecified atom stereocenters. The second-order valence-electron chi connectivity index (χ2n) is 7.70. The number of pyridine rings is 1. The van der Waals surface area contributed by atoms with Gasteiger partial charge in [-0.05, 0) is 13.0 Å². The lowest BCUT2D eigenvalue weighted by atomic mass is 10.1. The van der Waals surface area contributed by atoms with E-state index in [-0.39, 0.29) is 24.5 Å². The van der Waals surface area contributed by atoms with Crippen LogP contribution in [-0.2, 0) is 23.8 Å². The Morgan fingerprint density at radius 3 is 2.71 bits per heavy atom. The predicted octanol–water partition coefficient (Wildman–Crippen LogP) is 3.09. The average molecular weight is 470 g/mol. The minimum absolute atomic E-state index is 0.0205. The van der Waals surface area contributed by atoms with Gasteiger partial charge in [0, 0.05) is 29.0 Å². The van der Waals surface area contributed by atoms with Gasteiger partial charge in [0.2, 0.25) is 5.91 Å². The Kier molecular flexibility index (Phi) is 6.35. The fourth-order valence-electron chi connectivity index (χ4n) is 3.38. The Labute approximate surface area is 191 Å². The maximum absolute atomic E-state index is 14.4. The van der Waals surface area contributed by atoms with Crippen LogP contribution in [0.4, 0.5) is 19.0 Å². The summed E-state index contributed by atoms with van der Waals surface area (Å²) in [6.45, 7) is 0.414. The molecule has 4 rings (SSSR count). The van der Waals surface area contributed by atoms with Gasteiger partial charge >= 0.3 is 0 Å². The molecular weight excluding hydrogens is 449 g/mol. The van der Waals surface area contributed by atoms with Crippen molar-refractivity contribution in [3.05, 3.63) is 88.1 Å². The fraction of sp³-hybridized carbons (Fsp3) is 0.217. The quantitative estimate of drug-likeness (QED) is 0.367. The number of rotatable bonds is 8. The third-order valence-corrected chi connectivity index (χ3v) is 5.27. The van der Waals surface area contributed by atoms with Gasteiger partial charge in [0.15, 0.2) is 5.82 Å². The number of nitrogens with zero attached hydrogens (tertiary/aromatic N) is 3. The van der Waals surface area contributed by atoms with Gasteiger partial charge < -0.3 is 15.6 Å². The molecule has 0 saturated heterocycles. The molecule has 0 aliphatic carbocycles. The summed E-state index contributed by atoms with van der Waals surface area (Å²) in [6, 6.07) is 8.74. The first-order chi connectivity index (χ1) is 16.2. The molecule has 1 aromatic carbocycles. The highest BCUT2D eigenvalue weighted by atomic mass is 19.3.